The summed E-state index contributed by atoms with van der Waals surface area (Å²) < 4.78 is 36.4. The number of nitrogens with zero attached hydrogens (tertiary/aromatic N) is 2. The second kappa shape index (κ2) is 4.75. The lowest BCUT2D eigenvalue weighted by atomic mass is 10.4. The maximum absolute atomic E-state index is 13.6. The second-order valence-electron chi connectivity index (χ2n) is 3.77. The van der Waals surface area contributed by atoms with E-state index in [2.05, 4.69) is 20.9 Å². The van der Waals surface area contributed by atoms with Crippen LogP contribution in [0.2, 0.25) is 0 Å². The van der Waals surface area contributed by atoms with Gasteiger partial charge in [-0.05, 0) is 22.0 Å². The van der Waals surface area contributed by atoms with Crippen LogP contribution in [-0.2, 0) is 13.8 Å². The lowest BCUT2D eigenvalue weighted by Gasteiger charge is -2.15. The molecule has 0 N–H and O–H groups in total. The molecule has 0 spiro atoms. The van der Waals surface area contributed by atoms with Crippen molar-refractivity contribution >= 4 is 47.4 Å². The maximum atomic E-state index is 13.6. The summed E-state index contributed by atoms with van der Waals surface area (Å²) in [5.41, 5.74) is 0. The Bertz CT molecular complexity index is 610. The fourth-order valence-electron chi connectivity index (χ4n) is 1.67. The second-order valence-corrected chi connectivity index (χ2v) is 7.59. The van der Waals surface area contributed by atoms with Crippen LogP contribution in [0.4, 0.5) is 10.2 Å². The van der Waals surface area contributed by atoms with Crippen LogP contribution in [0.5, 0.6) is 0 Å². The molecular formula is C9H7BrClFN2O3S. The molecule has 5 nitrogen and oxygen atoms in total. The van der Waals surface area contributed by atoms with Crippen LogP contribution in [0.25, 0.3) is 0 Å². The lowest BCUT2D eigenvalue weighted by molar-refractivity contribution is -0.117. The molecule has 0 aliphatic carbocycles. The van der Waals surface area contributed by atoms with Gasteiger partial charge in [0.05, 0.1) is 0 Å². The minimum Gasteiger partial charge on any atom is -0.293 e. The Morgan fingerprint density at radius 3 is 2.72 bits per heavy atom. The first-order valence-electron chi connectivity index (χ1n) is 4.84. The summed E-state index contributed by atoms with van der Waals surface area (Å²) in [5.74, 6) is -1.41. The number of carbonyl (C=O) groups excluding carboxylic acids is 1. The van der Waals surface area contributed by atoms with Gasteiger partial charge in [-0.3, -0.25) is 9.69 Å². The number of hydrogen-bond acceptors (Lipinski definition) is 4. The van der Waals surface area contributed by atoms with E-state index in [0.29, 0.717) is 4.47 Å². The lowest BCUT2D eigenvalue weighted by Crippen LogP contribution is -2.28. The number of halogens is 3. The summed E-state index contributed by atoms with van der Waals surface area (Å²) in [4.78, 5) is 16.4. The van der Waals surface area contributed by atoms with E-state index in [1.165, 1.54) is 6.20 Å². The molecule has 98 valence electrons. The molecule has 1 saturated heterocycles. The third-order valence-electron chi connectivity index (χ3n) is 2.53. The first-order chi connectivity index (χ1) is 8.29. The Labute approximate surface area is 115 Å². The summed E-state index contributed by atoms with van der Waals surface area (Å²) in [6.45, 7) is -0.184. The molecule has 1 unspecified atom stereocenters. The molecular weight excluding hydrogens is 351 g/mol. The van der Waals surface area contributed by atoms with Gasteiger partial charge in [-0.1, -0.05) is 0 Å². The van der Waals surface area contributed by atoms with Crippen molar-refractivity contribution in [1.82, 2.24) is 4.98 Å². The summed E-state index contributed by atoms with van der Waals surface area (Å²) in [6.07, 6.45) is 1.07. The van der Waals surface area contributed by atoms with Gasteiger partial charge >= 0.3 is 0 Å². The molecule has 0 bridgehead atoms. The molecule has 1 aromatic rings. The van der Waals surface area contributed by atoms with Crippen LogP contribution in [0.15, 0.2) is 16.7 Å². The molecule has 2 rings (SSSR count). The van der Waals surface area contributed by atoms with Crippen molar-refractivity contribution in [2.75, 3.05) is 11.4 Å². The fraction of sp³-hybridized carbons (Fsp3) is 0.333. The van der Waals surface area contributed by atoms with Gasteiger partial charge in [0.15, 0.2) is 11.6 Å². The van der Waals surface area contributed by atoms with Crippen molar-refractivity contribution in [1.29, 1.82) is 0 Å². The van der Waals surface area contributed by atoms with Gasteiger partial charge in [0.25, 0.3) is 0 Å². The highest BCUT2D eigenvalue weighted by Crippen LogP contribution is 2.28. The third-order valence-corrected chi connectivity index (χ3v) is 4.83. The smallest absolute Gasteiger partial charge is 0.237 e. The van der Waals surface area contributed by atoms with Gasteiger partial charge in [-0.15, -0.1) is 0 Å². The van der Waals surface area contributed by atoms with Gasteiger partial charge in [0, 0.05) is 34.3 Å². The number of hydrogen-bond donors (Lipinski definition) is 0. The van der Waals surface area contributed by atoms with Crippen molar-refractivity contribution in [2.24, 2.45) is 0 Å². The molecule has 9 heteroatoms. The Hall–Kier alpha value is -0.730. The molecule has 0 saturated carbocycles. The number of carbonyl (C=O) groups is 1. The highest BCUT2D eigenvalue weighted by molar-refractivity contribution is 9.10. The number of pyridine rings is 1. The number of aromatic nitrogens is 1. The summed E-state index contributed by atoms with van der Waals surface area (Å²) in [7, 11) is 1.35. The molecule has 1 atom stereocenters. The number of rotatable bonds is 2. The van der Waals surface area contributed by atoms with E-state index in [1.807, 2.05) is 0 Å². The van der Waals surface area contributed by atoms with Crippen LogP contribution in [0.1, 0.15) is 6.42 Å². The Morgan fingerprint density at radius 2 is 2.22 bits per heavy atom. The van der Waals surface area contributed by atoms with Crippen molar-refractivity contribution in [3.63, 3.8) is 0 Å². The van der Waals surface area contributed by atoms with E-state index in [9.17, 15) is 17.6 Å². The van der Waals surface area contributed by atoms with Gasteiger partial charge in [-0.2, -0.15) is 0 Å². The maximum Gasteiger partial charge on any atom is 0.237 e. The van der Waals surface area contributed by atoms with Crippen molar-refractivity contribution in [2.45, 2.75) is 11.7 Å². The third kappa shape index (κ3) is 2.65. The first kappa shape index (κ1) is 13.7. The largest absolute Gasteiger partial charge is 0.293 e. The van der Waals surface area contributed by atoms with Gasteiger partial charge in [0.1, 0.15) is 5.25 Å². The van der Waals surface area contributed by atoms with Crippen LogP contribution in [-0.4, -0.2) is 31.1 Å². The topological polar surface area (TPSA) is 67.3 Å². The van der Waals surface area contributed by atoms with Gasteiger partial charge in [0.2, 0.25) is 15.0 Å². The quantitative estimate of drug-likeness (QED) is 0.755. The monoisotopic (exact) mass is 356 g/mol. The summed E-state index contributed by atoms with van der Waals surface area (Å²) >= 11 is 3.04. The van der Waals surface area contributed by atoms with E-state index in [1.54, 1.807) is 0 Å². The zero-order valence-corrected chi connectivity index (χ0v) is 12.0. The molecule has 1 aliphatic rings. The number of amides is 1. The van der Waals surface area contributed by atoms with Crippen LogP contribution in [0, 0.1) is 5.82 Å². The first-order valence-corrected chi connectivity index (χ1v) is 8.00. The Kier molecular flexibility index (Phi) is 3.61. The molecule has 1 aromatic heterocycles. The molecule has 0 radical (unpaired) electrons. The Morgan fingerprint density at radius 1 is 1.56 bits per heavy atom. The fourth-order valence-corrected chi connectivity index (χ4v) is 3.00. The van der Waals surface area contributed by atoms with Gasteiger partial charge < -0.3 is 0 Å². The molecule has 1 fully saturated rings. The van der Waals surface area contributed by atoms with E-state index in [-0.39, 0.29) is 18.8 Å². The standard InChI is InChI=1S/C9H7BrClFN2O3S/c10-5-1-7(12)9(13-3-5)14-4-6(2-8(14)15)18(11,16)17/h1,3,6H,2,4H2. The zero-order valence-electron chi connectivity index (χ0n) is 8.81. The van der Waals surface area contributed by atoms with Crippen molar-refractivity contribution in [3.8, 4) is 0 Å². The van der Waals surface area contributed by atoms with Crippen molar-refractivity contribution in [3.05, 3.63) is 22.6 Å². The van der Waals surface area contributed by atoms with Crippen LogP contribution < -0.4 is 4.90 Å². The van der Waals surface area contributed by atoms with E-state index < -0.39 is 26.0 Å². The SMILES string of the molecule is O=C1CC(S(=O)(=O)Cl)CN1c1ncc(Br)cc1F. The average Bonchev–Trinajstić information content (AvgIpc) is 2.60. The van der Waals surface area contributed by atoms with E-state index in [4.69, 9.17) is 10.7 Å². The van der Waals surface area contributed by atoms with Gasteiger partial charge in [-0.25, -0.2) is 17.8 Å². The number of anilines is 1. The highest BCUT2D eigenvalue weighted by Gasteiger charge is 2.39. The summed E-state index contributed by atoms with van der Waals surface area (Å²) in [5, 5.41) is -1.03. The van der Waals surface area contributed by atoms with E-state index in [0.717, 1.165) is 11.0 Å². The minimum atomic E-state index is -3.85. The van der Waals surface area contributed by atoms with Crippen LogP contribution >= 0.6 is 26.6 Å². The summed E-state index contributed by atoms with van der Waals surface area (Å²) in [6, 6.07) is 1.15. The normalized spacial score (nSPS) is 20.5. The Balaban J connectivity index is 2.33. The molecule has 2 heterocycles. The minimum absolute atomic E-state index is 0.184. The predicted molar refractivity (Wildman–Crippen MR) is 67.4 cm³/mol. The van der Waals surface area contributed by atoms with Crippen LogP contribution in [0.3, 0.4) is 0 Å². The molecule has 18 heavy (non-hydrogen) atoms. The molecule has 1 aliphatic heterocycles. The zero-order chi connectivity index (χ0) is 13.5. The van der Waals surface area contributed by atoms with Crippen molar-refractivity contribution < 1.29 is 17.6 Å². The highest BCUT2D eigenvalue weighted by atomic mass is 79.9. The molecule has 0 aromatic carbocycles. The average molecular weight is 358 g/mol. The van der Waals surface area contributed by atoms with E-state index >= 15 is 0 Å². The molecule has 1 amide bonds. The predicted octanol–water partition coefficient (Wildman–Crippen LogP) is 1.66.